The van der Waals surface area contributed by atoms with Crippen molar-refractivity contribution < 1.29 is 0 Å². The highest BCUT2D eigenvalue weighted by Crippen LogP contribution is 2.22. The minimum absolute atomic E-state index is 0.582. The number of nitrogens with zero attached hydrogens (tertiary/aromatic N) is 4. The van der Waals surface area contributed by atoms with Gasteiger partial charge in [-0.1, -0.05) is 20.3 Å². The highest BCUT2D eigenvalue weighted by Gasteiger charge is 2.16. The molecule has 6 nitrogen and oxygen atoms in total. The minimum atomic E-state index is 0.582. The summed E-state index contributed by atoms with van der Waals surface area (Å²) in [5.41, 5.74) is 9.31. The molecule has 0 amide bonds. The van der Waals surface area contributed by atoms with E-state index in [0.717, 1.165) is 55.5 Å². The van der Waals surface area contributed by atoms with E-state index in [0.29, 0.717) is 5.82 Å². The van der Waals surface area contributed by atoms with Crippen LogP contribution in [0.1, 0.15) is 44.5 Å². The number of likely N-dealkylation sites (N-methyl/N-ethyl adjacent to an activating group) is 1. The lowest BCUT2D eigenvalue weighted by atomic mass is 10.1. The number of hydrogen-bond acceptors (Lipinski definition) is 5. The van der Waals surface area contributed by atoms with Gasteiger partial charge >= 0.3 is 0 Å². The van der Waals surface area contributed by atoms with Crippen molar-refractivity contribution in [2.24, 2.45) is 0 Å². The first-order valence-electron chi connectivity index (χ1n) is 9.78. The largest absolute Gasteiger partial charge is 0.382 e. The monoisotopic (exact) mass is 344 g/mol. The fraction of sp³-hybridized carbons (Fsp3) is 0.684. The van der Waals surface area contributed by atoms with E-state index < -0.39 is 0 Å². The lowest BCUT2D eigenvalue weighted by Crippen LogP contribution is -2.46. The predicted octanol–water partition coefficient (Wildman–Crippen LogP) is 2.45. The van der Waals surface area contributed by atoms with Gasteiger partial charge < -0.3 is 20.5 Å². The van der Waals surface area contributed by atoms with Gasteiger partial charge in [0.05, 0.1) is 5.52 Å². The zero-order valence-corrected chi connectivity index (χ0v) is 15.7. The van der Waals surface area contributed by atoms with E-state index in [1.54, 1.807) is 0 Å². The zero-order valence-electron chi connectivity index (χ0n) is 15.7. The average Bonchev–Trinajstić information content (AvgIpc) is 3.04. The zero-order chi connectivity index (χ0) is 17.6. The Kier molecular flexibility index (Phi) is 6.26. The fourth-order valence-electron chi connectivity index (χ4n) is 3.59. The van der Waals surface area contributed by atoms with Crippen LogP contribution < -0.4 is 5.73 Å². The molecule has 0 aromatic carbocycles. The summed E-state index contributed by atoms with van der Waals surface area (Å²) >= 11 is 0. The molecule has 1 saturated heterocycles. The van der Waals surface area contributed by atoms with Crippen LogP contribution in [0.5, 0.6) is 0 Å². The Hall–Kier alpha value is -1.66. The van der Waals surface area contributed by atoms with Crippen molar-refractivity contribution in [1.82, 2.24) is 24.8 Å². The van der Waals surface area contributed by atoms with Crippen LogP contribution in [0.2, 0.25) is 0 Å². The molecule has 1 fully saturated rings. The minimum Gasteiger partial charge on any atom is -0.382 e. The third-order valence-electron chi connectivity index (χ3n) is 5.26. The molecule has 0 unspecified atom stereocenters. The number of hydrogen-bond donors (Lipinski definition) is 2. The van der Waals surface area contributed by atoms with Crippen molar-refractivity contribution in [2.75, 3.05) is 45.0 Å². The standard InChI is InChI=1S/C19H32N6/c1-3-5-8-16-22-17-15(14-21-18(17)19(20)23-16)7-6-9-25-12-10-24(4-2)11-13-25/h14,21H,3-13H2,1-2H3,(H2,20,22,23). The van der Waals surface area contributed by atoms with Crippen molar-refractivity contribution >= 4 is 16.9 Å². The normalized spacial score (nSPS) is 16.7. The maximum Gasteiger partial charge on any atom is 0.151 e. The van der Waals surface area contributed by atoms with Gasteiger partial charge in [0.1, 0.15) is 11.3 Å². The number of nitrogens with one attached hydrogen (secondary N) is 1. The van der Waals surface area contributed by atoms with Gasteiger partial charge in [-0.25, -0.2) is 9.97 Å². The van der Waals surface area contributed by atoms with Crippen molar-refractivity contribution in [3.8, 4) is 0 Å². The SMILES string of the molecule is CCCCc1nc(N)c2[nH]cc(CCCN3CCN(CC)CC3)c2n1. The second-order valence-corrected chi connectivity index (χ2v) is 7.05. The fourth-order valence-corrected chi connectivity index (χ4v) is 3.59. The third-order valence-corrected chi connectivity index (χ3v) is 5.26. The second-order valence-electron chi connectivity index (χ2n) is 7.05. The van der Waals surface area contributed by atoms with E-state index in [9.17, 15) is 0 Å². The topological polar surface area (TPSA) is 74.1 Å². The van der Waals surface area contributed by atoms with Gasteiger partial charge in [-0.05, 0) is 37.9 Å². The Labute approximate surface area is 150 Å². The summed E-state index contributed by atoms with van der Waals surface area (Å²) in [5, 5.41) is 0. The summed E-state index contributed by atoms with van der Waals surface area (Å²) in [7, 11) is 0. The number of unbranched alkanes of at least 4 members (excludes halogenated alkanes) is 1. The first kappa shape index (κ1) is 18.1. The number of piperazine rings is 1. The molecule has 1 aliphatic heterocycles. The molecule has 2 aromatic heterocycles. The summed E-state index contributed by atoms with van der Waals surface area (Å²) < 4.78 is 0. The predicted molar refractivity (Wildman–Crippen MR) is 104 cm³/mol. The molecule has 1 aliphatic rings. The highest BCUT2D eigenvalue weighted by atomic mass is 15.3. The number of H-pyrrole nitrogens is 1. The number of anilines is 1. The lowest BCUT2D eigenvalue weighted by molar-refractivity contribution is 0.136. The van der Waals surface area contributed by atoms with Gasteiger partial charge in [0.2, 0.25) is 0 Å². The van der Waals surface area contributed by atoms with Crippen LogP contribution in [0.25, 0.3) is 11.0 Å². The van der Waals surface area contributed by atoms with Crippen LogP contribution in [-0.4, -0.2) is 64.0 Å². The van der Waals surface area contributed by atoms with E-state index in [2.05, 4.69) is 39.8 Å². The number of aromatic amines is 1. The maximum absolute atomic E-state index is 6.12. The van der Waals surface area contributed by atoms with Crippen LogP contribution in [-0.2, 0) is 12.8 Å². The van der Waals surface area contributed by atoms with Gasteiger partial charge in [0.25, 0.3) is 0 Å². The first-order valence-corrected chi connectivity index (χ1v) is 9.78. The summed E-state index contributed by atoms with van der Waals surface area (Å²) in [5.74, 6) is 1.46. The Bertz CT molecular complexity index is 672. The molecule has 0 atom stereocenters. The van der Waals surface area contributed by atoms with Crippen molar-refractivity contribution in [3.63, 3.8) is 0 Å². The Morgan fingerprint density at radius 2 is 1.80 bits per heavy atom. The molecular formula is C19H32N6. The molecule has 0 aliphatic carbocycles. The molecule has 3 rings (SSSR count). The molecular weight excluding hydrogens is 312 g/mol. The molecule has 3 N–H and O–H groups in total. The summed E-state index contributed by atoms with van der Waals surface area (Å²) in [6, 6.07) is 0. The number of nitrogen functional groups attached to an aromatic ring is 1. The van der Waals surface area contributed by atoms with Gasteiger partial charge in [-0.2, -0.15) is 0 Å². The van der Waals surface area contributed by atoms with E-state index in [1.165, 1.54) is 38.3 Å². The summed E-state index contributed by atoms with van der Waals surface area (Å²) in [6.07, 6.45) is 7.42. The average molecular weight is 345 g/mol. The Balaban J connectivity index is 1.59. The Morgan fingerprint density at radius 3 is 2.52 bits per heavy atom. The molecule has 0 bridgehead atoms. The van der Waals surface area contributed by atoms with E-state index in [1.807, 2.05) is 0 Å². The first-order chi connectivity index (χ1) is 12.2. The molecule has 0 spiro atoms. The van der Waals surface area contributed by atoms with E-state index in [4.69, 9.17) is 10.7 Å². The Morgan fingerprint density at radius 1 is 1.04 bits per heavy atom. The summed E-state index contributed by atoms with van der Waals surface area (Å²) in [4.78, 5) is 17.6. The van der Waals surface area contributed by atoms with Crippen LogP contribution in [0, 0.1) is 0 Å². The van der Waals surface area contributed by atoms with Crippen LogP contribution in [0.4, 0.5) is 5.82 Å². The van der Waals surface area contributed by atoms with Gasteiger partial charge in [-0.3, -0.25) is 0 Å². The van der Waals surface area contributed by atoms with Gasteiger partial charge in [-0.15, -0.1) is 0 Å². The molecule has 25 heavy (non-hydrogen) atoms. The second kappa shape index (κ2) is 8.63. The van der Waals surface area contributed by atoms with Crippen LogP contribution >= 0.6 is 0 Å². The number of rotatable bonds is 8. The number of aryl methyl sites for hydroxylation is 2. The van der Waals surface area contributed by atoms with Crippen LogP contribution in [0.15, 0.2) is 6.20 Å². The lowest BCUT2D eigenvalue weighted by Gasteiger charge is -2.33. The van der Waals surface area contributed by atoms with Crippen LogP contribution in [0.3, 0.4) is 0 Å². The quantitative estimate of drug-likeness (QED) is 0.769. The smallest absolute Gasteiger partial charge is 0.151 e. The van der Waals surface area contributed by atoms with Crippen molar-refractivity contribution in [2.45, 2.75) is 46.0 Å². The van der Waals surface area contributed by atoms with Crippen molar-refractivity contribution in [1.29, 1.82) is 0 Å². The van der Waals surface area contributed by atoms with E-state index in [-0.39, 0.29) is 0 Å². The number of fused-ring (bicyclic) bond motifs is 1. The molecule has 3 heterocycles. The molecule has 6 heteroatoms. The maximum atomic E-state index is 6.12. The number of aromatic nitrogens is 3. The molecule has 0 saturated carbocycles. The molecule has 0 radical (unpaired) electrons. The van der Waals surface area contributed by atoms with Gasteiger partial charge in [0.15, 0.2) is 5.82 Å². The van der Waals surface area contributed by atoms with Gasteiger partial charge in [0, 0.05) is 38.8 Å². The van der Waals surface area contributed by atoms with Crippen molar-refractivity contribution in [3.05, 3.63) is 17.6 Å². The highest BCUT2D eigenvalue weighted by molar-refractivity contribution is 5.87. The molecule has 2 aromatic rings. The number of nitrogens with two attached hydrogens (primary N) is 1. The summed E-state index contributed by atoms with van der Waals surface area (Å²) in [6.45, 7) is 11.6. The third kappa shape index (κ3) is 4.50. The van der Waals surface area contributed by atoms with E-state index >= 15 is 0 Å². The molecule has 138 valence electrons.